The van der Waals surface area contributed by atoms with Gasteiger partial charge in [0.1, 0.15) is 17.3 Å². The van der Waals surface area contributed by atoms with E-state index in [0.29, 0.717) is 50.5 Å². The quantitative estimate of drug-likeness (QED) is 0.254. The number of esters is 1. The van der Waals surface area contributed by atoms with Crippen molar-refractivity contribution < 1.29 is 33.8 Å². The minimum Gasteiger partial charge on any atom is -0.481 e. The molecule has 3 rings (SSSR count). The Labute approximate surface area is 246 Å². The van der Waals surface area contributed by atoms with Gasteiger partial charge in [-0.2, -0.15) is 0 Å². The maximum absolute atomic E-state index is 13.7. The van der Waals surface area contributed by atoms with Crippen LogP contribution < -0.4 is 0 Å². The largest absolute Gasteiger partial charge is 0.481 e. The molecule has 4 unspecified atom stereocenters. The summed E-state index contributed by atoms with van der Waals surface area (Å²) in [5, 5.41) is 11.0. The minimum absolute atomic E-state index is 0.0275. The summed E-state index contributed by atoms with van der Waals surface area (Å²) in [6.45, 7) is 3.89. The number of aliphatic carboxylic acids is 1. The van der Waals surface area contributed by atoms with E-state index in [2.05, 4.69) is 6.07 Å². The Hall–Kier alpha value is -3.13. The second kappa shape index (κ2) is 16.3. The molecule has 0 bridgehead atoms. The molecule has 0 saturated heterocycles. The molecule has 0 amide bonds. The molecule has 1 saturated carbocycles. The van der Waals surface area contributed by atoms with Gasteiger partial charge in [0.15, 0.2) is 0 Å². The zero-order chi connectivity index (χ0) is 29.8. The van der Waals surface area contributed by atoms with Gasteiger partial charge in [-0.15, -0.1) is 11.3 Å². The lowest BCUT2D eigenvalue weighted by molar-refractivity contribution is -0.146. The molecular formula is C33H42O7S. The fourth-order valence-corrected chi connectivity index (χ4v) is 6.50. The highest BCUT2D eigenvalue weighted by molar-refractivity contribution is 7.09. The number of ether oxygens (including phenoxy) is 1. The topological polar surface area (TPSA) is 115 Å². The van der Waals surface area contributed by atoms with Gasteiger partial charge < -0.3 is 9.84 Å². The van der Waals surface area contributed by atoms with E-state index in [1.54, 1.807) is 30.4 Å². The number of benzene rings is 1. The van der Waals surface area contributed by atoms with Crippen LogP contribution in [-0.4, -0.2) is 41.0 Å². The third-order valence-corrected chi connectivity index (χ3v) is 9.10. The maximum atomic E-state index is 13.7. The van der Waals surface area contributed by atoms with Crippen molar-refractivity contribution in [1.82, 2.24) is 0 Å². The lowest BCUT2D eigenvalue weighted by Gasteiger charge is -2.29. The summed E-state index contributed by atoms with van der Waals surface area (Å²) in [4.78, 5) is 65.0. The van der Waals surface area contributed by atoms with E-state index in [0.717, 1.165) is 12.0 Å². The van der Waals surface area contributed by atoms with Crippen molar-refractivity contribution in [3.05, 3.63) is 57.8 Å². The summed E-state index contributed by atoms with van der Waals surface area (Å²) >= 11 is 1.66. The first kappa shape index (κ1) is 32.4. The number of carbonyl (C=O) groups is 5. The van der Waals surface area contributed by atoms with E-state index >= 15 is 0 Å². The van der Waals surface area contributed by atoms with Gasteiger partial charge in [-0.3, -0.25) is 24.0 Å². The molecule has 1 heterocycles. The minimum atomic E-state index is -0.901. The van der Waals surface area contributed by atoms with Gasteiger partial charge in [0.2, 0.25) is 0 Å². The zero-order valence-corrected chi connectivity index (χ0v) is 25.0. The molecule has 1 aliphatic rings. The summed E-state index contributed by atoms with van der Waals surface area (Å²) in [6, 6.07) is 11.3. The standard InChI is InChI=1S/C33H42O7S/c1-3-24-14-16-29(34)25(13-15-28-6-5-17-41-28)19-27(33(24)39)20-30(35)26(21-32(38)40-4-2)12-11-22-7-9-23(10-8-22)18-31(36)37/h5-10,17,24-27H,3-4,11-16,18-21H2,1-2H3,(H,36,37). The Balaban J connectivity index is 1.74. The van der Waals surface area contributed by atoms with Crippen LogP contribution in [0.2, 0.25) is 0 Å². The molecule has 0 radical (unpaired) electrons. The average molecular weight is 583 g/mol. The van der Waals surface area contributed by atoms with Gasteiger partial charge in [0.05, 0.1) is 19.4 Å². The lowest BCUT2D eigenvalue weighted by atomic mass is 9.73. The van der Waals surface area contributed by atoms with Crippen LogP contribution in [0.25, 0.3) is 0 Å². The molecule has 0 aliphatic heterocycles. The normalized spacial score (nSPS) is 20.2. The smallest absolute Gasteiger partial charge is 0.307 e. The molecule has 1 aromatic carbocycles. The summed E-state index contributed by atoms with van der Waals surface area (Å²) in [5.74, 6) is -2.87. The Bertz CT molecular complexity index is 1170. The Morgan fingerprint density at radius 1 is 1.00 bits per heavy atom. The van der Waals surface area contributed by atoms with Crippen LogP contribution >= 0.6 is 11.3 Å². The number of carboxylic acid groups (broad SMARTS) is 1. The first-order chi connectivity index (χ1) is 19.7. The fraction of sp³-hybridized carbons (Fsp3) is 0.545. The second-order valence-electron chi connectivity index (χ2n) is 11.1. The van der Waals surface area contributed by atoms with Crippen LogP contribution in [0.4, 0.5) is 0 Å². The van der Waals surface area contributed by atoms with Gasteiger partial charge in [-0.05, 0) is 74.4 Å². The lowest BCUT2D eigenvalue weighted by Crippen LogP contribution is -2.34. The van der Waals surface area contributed by atoms with E-state index in [4.69, 9.17) is 9.84 Å². The van der Waals surface area contributed by atoms with Crippen molar-refractivity contribution in [2.75, 3.05) is 6.61 Å². The third kappa shape index (κ3) is 10.3. The van der Waals surface area contributed by atoms with Crippen LogP contribution in [0.15, 0.2) is 41.8 Å². The molecule has 4 atom stereocenters. The van der Waals surface area contributed by atoms with Crippen molar-refractivity contribution >= 4 is 40.6 Å². The molecule has 8 heteroatoms. The van der Waals surface area contributed by atoms with Crippen molar-refractivity contribution in [2.45, 2.75) is 84.5 Å². The van der Waals surface area contributed by atoms with Gasteiger partial charge in [0.25, 0.3) is 0 Å². The number of carboxylic acids is 1. The molecule has 7 nitrogen and oxygen atoms in total. The van der Waals surface area contributed by atoms with E-state index in [-0.39, 0.29) is 55.1 Å². The number of carbonyl (C=O) groups excluding carboxylic acids is 4. The van der Waals surface area contributed by atoms with Crippen LogP contribution in [-0.2, 0) is 48.0 Å². The number of ketones is 3. The summed E-state index contributed by atoms with van der Waals surface area (Å²) in [6.07, 6.45) is 4.24. The summed E-state index contributed by atoms with van der Waals surface area (Å²) in [5.41, 5.74) is 1.63. The van der Waals surface area contributed by atoms with Crippen molar-refractivity contribution in [3.8, 4) is 0 Å². The predicted molar refractivity (Wildman–Crippen MR) is 158 cm³/mol. The molecule has 1 aromatic heterocycles. The van der Waals surface area contributed by atoms with E-state index < -0.39 is 23.8 Å². The molecule has 41 heavy (non-hydrogen) atoms. The van der Waals surface area contributed by atoms with E-state index in [9.17, 15) is 24.0 Å². The number of hydrogen-bond donors (Lipinski definition) is 1. The molecule has 1 aliphatic carbocycles. The predicted octanol–water partition coefficient (Wildman–Crippen LogP) is 6.05. The molecular weight excluding hydrogens is 540 g/mol. The highest BCUT2D eigenvalue weighted by Crippen LogP contribution is 2.33. The van der Waals surface area contributed by atoms with Crippen LogP contribution in [0, 0.1) is 23.7 Å². The van der Waals surface area contributed by atoms with E-state index in [1.807, 2.05) is 30.5 Å². The Kier molecular flexibility index (Phi) is 12.9. The van der Waals surface area contributed by atoms with Gasteiger partial charge in [-0.25, -0.2) is 0 Å². The fourth-order valence-electron chi connectivity index (χ4n) is 5.77. The molecule has 1 fully saturated rings. The Morgan fingerprint density at radius 3 is 2.37 bits per heavy atom. The number of aryl methyl sites for hydroxylation is 2. The third-order valence-electron chi connectivity index (χ3n) is 8.16. The maximum Gasteiger partial charge on any atom is 0.307 e. The highest BCUT2D eigenvalue weighted by atomic mass is 32.1. The SMILES string of the molecule is CCOC(=O)CC(CCc1ccc(CC(=O)O)cc1)C(=O)CC1CC(CCc2cccs2)C(=O)CCC(CC)C1=O. The molecule has 2 aromatic rings. The second-order valence-corrected chi connectivity index (χ2v) is 12.1. The number of rotatable bonds is 15. The van der Waals surface area contributed by atoms with Crippen LogP contribution in [0.1, 0.15) is 81.2 Å². The van der Waals surface area contributed by atoms with Gasteiger partial charge in [-0.1, -0.05) is 37.3 Å². The highest BCUT2D eigenvalue weighted by Gasteiger charge is 2.36. The average Bonchev–Trinajstić information content (AvgIpc) is 3.46. The molecule has 222 valence electrons. The zero-order valence-electron chi connectivity index (χ0n) is 24.1. The van der Waals surface area contributed by atoms with Crippen LogP contribution in [0.5, 0.6) is 0 Å². The van der Waals surface area contributed by atoms with Crippen molar-refractivity contribution in [3.63, 3.8) is 0 Å². The van der Waals surface area contributed by atoms with Gasteiger partial charge in [0, 0.05) is 41.4 Å². The number of hydrogen-bond acceptors (Lipinski definition) is 7. The van der Waals surface area contributed by atoms with Crippen LogP contribution in [0.3, 0.4) is 0 Å². The first-order valence-corrected chi connectivity index (χ1v) is 15.6. The number of Topliss-reactive ketones (excluding diaryl/α,β-unsaturated/α-hetero) is 3. The van der Waals surface area contributed by atoms with Crippen molar-refractivity contribution in [2.24, 2.45) is 23.7 Å². The summed E-state index contributed by atoms with van der Waals surface area (Å²) in [7, 11) is 0. The molecule has 0 spiro atoms. The van der Waals surface area contributed by atoms with Crippen molar-refractivity contribution in [1.29, 1.82) is 0 Å². The molecule has 1 N–H and O–H groups in total. The summed E-state index contributed by atoms with van der Waals surface area (Å²) < 4.78 is 5.15. The van der Waals surface area contributed by atoms with Gasteiger partial charge >= 0.3 is 11.9 Å². The number of thiophene rings is 1. The van der Waals surface area contributed by atoms with E-state index in [1.165, 1.54) is 4.88 Å². The monoisotopic (exact) mass is 582 g/mol. The first-order valence-electron chi connectivity index (χ1n) is 14.8. The Morgan fingerprint density at radius 2 is 1.73 bits per heavy atom.